The van der Waals surface area contributed by atoms with Crippen LogP contribution in [0.4, 0.5) is 11.4 Å². The van der Waals surface area contributed by atoms with Gasteiger partial charge in [0.05, 0.1) is 18.9 Å². The molecule has 5 heteroatoms. The third-order valence-electron chi connectivity index (χ3n) is 3.79. The fraction of sp³-hybridized carbons (Fsp3) is 0.286. The van der Waals surface area contributed by atoms with Crippen LogP contribution in [0.5, 0.6) is 5.75 Å². The number of esters is 1. The first-order valence-electron chi connectivity index (χ1n) is 8.83. The van der Waals surface area contributed by atoms with Gasteiger partial charge in [-0.15, -0.1) is 0 Å². The predicted octanol–water partition coefficient (Wildman–Crippen LogP) is 4.05. The Morgan fingerprint density at radius 3 is 2.38 bits per heavy atom. The zero-order valence-corrected chi connectivity index (χ0v) is 14.9. The summed E-state index contributed by atoms with van der Waals surface area (Å²) < 4.78 is 10.8. The number of rotatable bonds is 10. The highest BCUT2D eigenvalue weighted by atomic mass is 16.5. The van der Waals surface area contributed by atoms with Gasteiger partial charge in [0.2, 0.25) is 0 Å². The number of nitrogens with two attached hydrogens (primary N) is 2. The van der Waals surface area contributed by atoms with Crippen LogP contribution in [-0.4, -0.2) is 19.2 Å². The van der Waals surface area contributed by atoms with E-state index < -0.39 is 0 Å². The number of ether oxygens (including phenoxy) is 2. The van der Waals surface area contributed by atoms with E-state index in [1.165, 1.54) is 6.08 Å². The summed E-state index contributed by atoms with van der Waals surface area (Å²) in [5, 5.41) is 0. The number of unbranched alkanes of at least 4 members (excludes halogenated alkanes) is 3. The van der Waals surface area contributed by atoms with Gasteiger partial charge in [0.15, 0.2) is 0 Å². The number of benzene rings is 2. The van der Waals surface area contributed by atoms with Crippen molar-refractivity contribution in [2.45, 2.75) is 25.7 Å². The molecule has 0 bridgehead atoms. The fourth-order valence-corrected chi connectivity index (χ4v) is 2.39. The maximum absolute atomic E-state index is 11.6. The molecule has 0 saturated heterocycles. The van der Waals surface area contributed by atoms with E-state index >= 15 is 0 Å². The minimum absolute atomic E-state index is 0.309. The van der Waals surface area contributed by atoms with Crippen molar-refractivity contribution < 1.29 is 14.3 Å². The number of hydrogen-bond donors (Lipinski definition) is 2. The summed E-state index contributed by atoms with van der Waals surface area (Å²) in [5.74, 6) is 0.356. The molecular weight excluding hydrogens is 328 g/mol. The lowest BCUT2D eigenvalue weighted by Crippen LogP contribution is -2.03. The van der Waals surface area contributed by atoms with E-state index in [9.17, 15) is 4.79 Å². The number of carbonyl (C=O) groups is 1. The Hall–Kier alpha value is -2.95. The van der Waals surface area contributed by atoms with E-state index in [0.29, 0.717) is 30.3 Å². The average Bonchev–Trinajstić information content (AvgIpc) is 2.64. The molecule has 138 valence electrons. The minimum atomic E-state index is -0.309. The molecule has 5 nitrogen and oxygen atoms in total. The number of nitrogen functional groups attached to an aromatic ring is 2. The zero-order chi connectivity index (χ0) is 18.6. The molecule has 0 aliphatic heterocycles. The Balaban J connectivity index is 1.50. The van der Waals surface area contributed by atoms with Crippen LogP contribution in [0.25, 0.3) is 6.08 Å². The molecule has 0 unspecified atom stereocenters. The first kappa shape index (κ1) is 19.4. The standard InChI is InChI=1S/C21H26N2O3/c22-18-11-12-20(19(23)16-18)25-14-6-1-2-7-15-26-21(24)13-10-17-8-4-3-5-9-17/h3-5,8-13,16H,1-2,6-7,14-15,22-23H2. The van der Waals surface area contributed by atoms with Crippen molar-refractivity contribution in [1.29, 1.82) is 0 Å². The molecule has 4 N–H and O–H groups in total. The largest absolute Gasteiger partial charge is 0.491 e. The lowest BCUT2D eigenvalue weighted by Gasteiger charge is -2.09. The minimum Gasteiger partial charge on any atom is -0.491 e. The number of carbonyl (C=O) groups excluding carboxylic acids is 1. The van der Waals surface area contributed by atoms with Crippen molar-refractivity contribution in [3.05, 3.63) is 60.2 Å². The maximum Gasteiger partial charge on any atom is 0.330 e. The third-order valence-corrected chi connectivity index (χ3v) is 3.79. The quantitative estimate of drug-likeness (QED) is 0.291. The molecule has 0 spiro atoms. The first-order valence-corrected chi connectivity index (χ1v) is 8.83. The van der Waals surface area contributed by atoms with Crippen molar-refractivity contribution in [2.75, 3.05) is 24.7 Å². The highest BCUT2D eigenvalue weighted by Crippen LogP contribution is 2.23. The molecule has 0 aliphatic carbocycles. The van der Waals surface area contributed by atoms with Gasteiger partial charge in [0, 0.05) is 11.8 Å². The predicted molar refractivity (Wildman–Crippen MR) is 106 cm³/mol. The second-order valence-corrected chi connectivity index (χ2v) is 5.97. The topological polar surface area (TPSA) is 87.6 Å². The summed E-state index contributed by atoms with van der Waals surface area (Å²) >= 11 is 0. The molecule has 0 aliphatic rings. The van der Waals surface area contributed by atoms with Gasteiger partial charge in [-0.2, -0.15) is 0 Å². The molecule has 2 aromatic rings. The van der Waals surface area contributed by atoms with Crippen molar-refractivity contribution in [1.82, 2.24) is 0 Å². The second-order valence-electron chi connectivity index (χ2n) is 5.97. The highest BCUT2D eigenvalue weighted by molar-refractivity contribution is 5.86. The van der Waals surface area contributed by atoms with E-state index in [-0.39, 0.29) is 5.97 Å². The van der Waals surface area contributed by atoms with Gasteiger partial charge in [0.1, 0.15) is 5.75 Å². The van der Waals surface area contributed by atoms with E-state index in [0.717, 1.165) is 31.2 Å². The highest BCUT2D eigenvalue weighted by Gasteiger charge is 2.01. The molecule has 0 saturated carbocycles. The summed E-state index contributed by atoms with van der Waals surface area (Å²) in [6, 6.07) is 14.9. The summed E-state index contributed by atoms with van der Waals surface area (Å²) in [6.45, 7) is 1.04. The molecule has 0 radical (unpaired) electrons. The normalized spacial score (nSPS) is 10.8. The fourth-order valence-electron chi connectivity index (χ4n) is 2.39. The average molecular weight is 354 g/mol. The third kappa shape index (κ3) is 7.30. The lowest BCUT2D eigenvalue weighted by molar-refractivity contribution is -0.137. The number of hydrogen-bond acceptors (Lipinski definition) is 5. The van der Waals surface area contributed by atoms with Crippen LogP contribution in [0.15, 0.2) is 54.6 Å². The van der Waals surface area contributed by atoms with Crippen LogP contribution in [0.2, 0.25) is 0 Å². The molecule has 0 atom stereocenters. The molecular formula is C21H26N2O3. The van der Waals surface area contributed by atoms with Gasteiger partial charge in [-0.25, -0.2) is 4.79 Å². The summed E-state index contributed by atoms with van der Waals surface area (Å²) in [4.78, 5) is 11.6. The summed E-state index contributed by atoms with van der Waals surface area (Å²) in [5.41, 5.74) is 13.6. The number of anilines is 2. The van der Waals surface area contributed by atoms with Gasteiger partial charge in [-0.1, -0.05) is 30.3 Å². The Labute approximate surface area is 154 Å². The van der Waals surface area contributed by atoms with Gasteiger partial charge < -0.3 is 20.9 Å². The van der Waals surface area contributed by atoms with E-state index in [4.69, 9.17) is 20.9 Å². The van der Waals surface area contributed by atoms with Crippen LogP contribution in [0, 0.1) is 0 Å². The van der Waals surface area contributed by atoms with E-state index in [1.54, 1.807) is 24.3 Å². The van der Waals surface area contributed by atoms with Crippen LogP contribution in [0.3, 0.4) is 0 Å². The molecule has 0 amide bonds. The van der Waals surface area contributed by atoms with Crippen LogP contribution >= 0.6 is 0 Å². The van der Waals surface area contributed by atoms with Gasteiger partial charge >= 0.3 is 5.97 Å². The molecule has 0 fully saturated rings. The molecule has 0 aromatic heterocycles. The Morgan fingerprint density at radius 2 is 1.65 bits per heavy atom. The van der Waals surface area contributed by atoms with Gasteiger partial charge in [0.25, 0.3) is 0 Å². The van der Waals surface area contributed by atoms with Crippen molar-refractivity contribution in [2.24, 2.45) is 0 Å². The smallest absolute Gasteiger partial charge is 0.330 e. The summed E-state index contributed by atoms with van der Waals surface area (Å²) in [6.07, 6.45) is 6.96. The van der Waals surface area contributed by atoms with Crippen molar-refractivity contribution in [3.8, 4) is 5.75 Å². The molecule has 2 aromatic carbocycles. The van der Waals surface area contributed by atoms with Crippen LogP contribution < -0.4 is 16.2 Å². The van der Waals surface area contributed by atoms with Crippen LogP contribution in [0.1, 0.15) is 31.2 Å². The van der Waals surface area contributed by atoms with E-state index in [2.05, 4.69) is 0 Å². The molecule has 0 heterocycles. The lowest BCUT2D eigenvalue weighted by atomic mass is 10.2. The van der Waals surface area contributed by atoms with Crippen molar-refractivity contribution in [3.63, 3.8) is 0 Å². The maximum atomic E-state index is 11.6. The second kappa shape index (κ2) is 10.8. The summed E-state index contributed by atoms with van der Waals surface area (Å²) in [7, 11) is 0. The first-order chi connectivity index (χ1) is 12.6. The molecule has 26 heavy (non-hydrogen) atoms. The van der Waals surface area contributed by atoms with Crippen molar-refractivity contribution >= 4 is 23.4 Å². The van der Waals surface area contributed by atoms with Gasteiger partial charge in [-0.05, 0) is 55.5 Å². The Bertz CT molecular complexity index is 714. The monoisotopic (exact) mass is 354 g/mol. The van der Waals surface area contributed by atoms with Gasteiger partial charge in [-0.3, -0.25) is 0 Å². The Morgan fingerprint density at radius 1 is 0.923 bits per heavy atom. The Kier molecular flexibility index (Phi) is 8.06. The van der Waals surface area contributed by atoms with E-state index in [1.807, 2.05) is 30.3 Å². The molecule has 2 rings (SSSR count). The zero-order valence-electron chi connectivity index (χ0n) is 14.9. The van der Waals surface area contributed by atoms with Crippen LogP contribution in [-0.2, 0) is 9.53 Å². The SMILES string of the molecule is Nc1ccc(OCCCCCCOC(=O)C=Cc2ccccc2)c(N)c1.